The van der Waals surface area contributed by atoms with Crippen molar-refractivity contribution in [2.75, 3.05) is 0 Å². The van der Waals surface area contributed by atoms with Crippen molar-refractivity contribution in [1.29, 1.82) is 0 Å². The summed E-state index contributed by atoms with van der Waals surface area (Å²) in [6.45, 7) is 0. The molecule has 0 atom stereocenters. The van der Waals surface area contributed by atoms with Gasteiger partial charge >= 0.3 is 0 Å². The summed E-state index contributed by atoms with van der Waals surface area (Å²) in [5, 5.41) is 30.4. The Morgan fingerprint density at radius 1 is 1.19 bits per heavy atom. The van der Waals surface area contributed by atoms with Crippen molar-refractivity contribution in [2.45, 2.75) is 0 Å². The van der Waals surface area contributed by atoms with Crippen LogP contribution in [-0.4, -0.2) is 21.4 Å². The first-order valence-corrected chi connectivity index (χ1v) is 6.33. The summed E-state index contributed by atoms with van der Waals surface area (Å²) >= 11 is 11.6. The third-order valence-corrected chi connectivity index (χ3v) is 3.08. The molecule has 0 bridgehead atoms. The number of non-ortho nitro benzene ring substituents is 1. The normalized spacial score (nSPS) is 11.0. The molecule has 2 aromatic rings. The van der Waals surface area contributed by atoms with E-state index >= 15 is 0 Å². The second-order valence-corrected chi connectivity index (χ2v) is 4.86. The first kappa shape index (κ1) is 15.1. The number of nitro benzene ring substituents is 1. The van der Waals surface area contributed by atoms with E-state index in [9.17, 15) is 20.3 Å². The van der Waals surface area contributed by atoms with Crippen molar-refractivity contribution in [3.05, 3.63) is 56.1 Å². The van der Waals surface area contributed by atoms with E-state index in [1.807, 2.05) is 0 Å². The lowest BCUT2D eigenvalue weighted by molar-refractivity contribution is -0.384. The van der Waals surface area contributed by atoms with Crippen LogP contribution in [0.4, 0.5) is 11.4 Å². The molecule has 21 heavy (non-hydrogen) atoms. The molecule has 6 nitrogen and oxygen atoms in total. The van der Waals surface area contributed by atoms with Crippen LogP contribution in [0, 0.1) is 10.1 Å². The van der Waals surface area contributed by atoms with Crippen LogP contribution in [0.15, 0.2) is 35.3 Å². The molecule has 0 aliphatic heterocycles. The van der Waals surface area contributed by atoms with Crippen LogP contribution in [0.2, 0.25) is 10.0 Å². The Morgan fingerprint density at radius 3 is 2.52 bits per heavy atom. The predicted molar refractivity (Wildman–Crippen MR) is 80.1 cm³/mol. The van der Waals surface area contributed by atoms with Crippen LogP contribution >= 0.6 is 23.2 Å². The SMILES string of the molecule is O=[N+]([O-])c1ccc(N=Cc2cc(Cl)cc(Cl)c2O)c(O)c1. The number of aliphatic imine (C=N–C) groups is 1. The van der Waals surface area contributed by atoms with Crippen molar-refractivity contribution in [1.82, 2.24) is 0 Å². The summed E-state index contributed by atoms with van der Waals surface area (Å²) in [6, 6.07) is 6.29. The molecule has 0 fully saturated rings. The molecule has 0 aliphatic rings. The van der Waals surface area contributed by atoms with Gasteiger partial charge in [0.25, 0.3) is 5.69 Å². The van der Waals surface area contributed by atoms with E-state index in [2.05, 4.69) is 4.99 Å². The van der Waals surface area contributed by atoms with Gasteiger partial charge < -0.3 is 10.2 Å². The van der Waals surface area contributed by atoms with E-state index in [0.29, 0.717) is 5.02 Å². The van der Waals surface area contributed by atoms with Gasteiger partial charge in [0.15, 0.2) is 0 Å². The molecule has 0 aromatic heterocycles. The van der Waals surface area contributed by atoms with Gasteiger partial charge in [-0.3, -0.25) is 15.1 Å². The fourth-order valence-corrected chi connectivity index (χ4v) is 2.07. The lowest BCUT2D eigenvalue weighted by Gasteiger charge is -2.03. The zero-order valence-corrected chi connectivity index (χ0v) is 11.8. The van der Waals surface area contributed by atoms with E-state index in [0.717, 1.165) is 6.07 Å². The van der Waals surface area contributed by atoms with E-state index < -0.39 is 4.92 Å². The number of halogens is 2. The molecule has 0 aliphatic carbocycles. The molecule has 0 saturated heterocycles. The van der Waals surface area contributed by atoms with E-state index in [-0.39, 0.29) is 33.5 Å². The molecule has 8 heteroatoms. The summed E-state index contributed by atoms with van der Waals surface area (Å²) < 4.78 is 0. The first-order chi connectivity index (χ1) is 9.88. The molecule has 0 heterocycles. The molecule has 108 valence electrons. The van der Waals surface area contributed by atoms with E-state index in [1.54, 1.807) is 0 Å². The highest BCUT2D eigenvalue weighted by Gasteiger charge is 2.10. The number of hydrogen-bond donors (Lipinski definition) is 2. The quantitative estimate of drug-likeness (QED) is 0.505. The zero-order valence-electron chi connectivity index (χ0n) is 10.3. The van der Waals surface area contributed by atoms with Gasteiger partial charge in [-0.05, 0) is 18.2 Å². The van der Waals surface area contributed by atoms with Crippen LogP contribution in [-0.2, 0) is 0 Å². The average molecular weight is 327 g/mol. The Balaban J connectivity index is 2.36. The maximum absolute atomic E-state index is 10.6. The third kappa shape index (κ3) is 3.42. The molecule has 0 amide bonds. The van der Waals surface area contributed by atoms with Gasteiger partial charge in [-0.15, -0.1) is 0 Å². The van der Waals surface area contributed by atoms with Crippen molar-refractivity contribution >= 4 is 40.8 Å². The highest BCUT2D eigenvalue weighted by molar-refractivity contribution is 6.36. The van der Waals surface area contributed by atoms with Crippen LogP contribution in [0.3, 0.4) is 0 Å². The minimum absolute atomic E-state index is 0.0665. The van der Waals surface area contributed by atoms with Crippen molar-refractivity contribution in [3.8, 4) is 11.5 Å². The number of hydrogen-bond acceptors (Lipinski definition) is 5. The molecular formula is C13H8Cl2N2O4. The number of nitro groups is 1. The largest absolute Gasteiger partial charge is 0.506 e. The van der Waals surface area contributed by atoms with Crippen molar-refractivity contribution in [3.63, 3.8) is 0 Å². The maximum atomic E-state index is 10.6. The topological polar surface area (TPSA) is 96.0 Å². The number of phenolic OH excluding ortho intramolecular Hbond substituents is 2. The summed E-state index contributed by atoms with van der Waals surface area (Å²) in [6.07, 6.45) is 1.24. The molecule has 0 spiro atoms. The molecule has 2 N–H and O–H groups in total. The smallest absolute Gasteiger partial charge is 0.273 e. The van der Waals surface area contributed by atoms with Gasteiger partial charge in [-0.2, -0.15) is 0 Å². The second kappa shape index (κ2) is 5.99. The minimum Gasteiger partial charge on any atom is -0.506 e. The van der Waals surface area contributed by atoms with Crippen LogP contribution in [0.1, 0.15) is 5.56 Å². The highest BCUT2D eigenvalue weighted by atomic mass is 35.5. The maximum Gasteiger partial charge on any atom is 0.273 e. The van der Waals surface area contributed by atoms with E-state index in [1.165, 1.54) is 30.5 Å². The standard InChI is InChI=1S/C13H8Cl2N2O4/c14-8-3-7(13(19)10(15)4-8)6-16-11-2-1-9(17(20)21)5-12(11)18/h1-6,18-19H. The molecule has 0 saturated carbocycles. The number of nitrogens with zero attached hydrogens (tertiary/aromatic N) is 2. The minimum atomic E-state index is -0.629. The monoisotopic (exact) mass is 326 g/mol. The van der Waals surface area contributed by atoms with Crippen molar-refractivity contribution < 1.29 is 15.1 Å². The Morgan fingerprint density at radius 2 is 1.90 bits per heavy atom. The van der Waals surface area contributed by atoms with Gasteiger partial charge in [-0.1, -0.05) is 23.2 Å². The average Bonchev–Trinajstić information content (AvgIpc) is 2.42. The number of rotatable bonds is 3. The molecule has 2 aromatic carbocycles. The summed E-state index contributed by atoms with van der Waals surface area (Å²) in [5.41, 5.74) is 0.112. The fraction of sp³-hybridized carbons (Fsp3) is 0. The van der Waals surface area contributed by atoms with Gasteiger partial charge in [0, 0.05) is 22.9 Å². The summed E-state index contributed by atoms with van der Waals surface area (Å²) in [4.78, 5) is 13.9. The third-order valence-electron chi connectivity index (χ3n) is 2.57. The van der Waals surface area contributed by atoms with Crippen LogP contribution < -0.4 is 0 Å². The lowest BCUT2D eigenvalue weighted by Crippen LogP contribution is -1.87. The molecule has 2 rings (SSSR count). The lowest BCUT2D eigenvalue weighted by atomic mass is 10.2. The van der Waals surface area contributed by atoms with Gasteiger partial charge in [-0.25, -0.2) is 0 Å². The van der Waals surface area contributed by atoms with Gasteiger partial charge in [0.2, 0.25) is 0 Å². The Hall–Kier alpha value is -2.31. The summed E-state index contributed by atoms with van der Waals surface area (Å²) in [7, 11) is 0. The molecule has 0 unspecified atom stereocenters. The second-order valence-electron chi connectivity index (χ2n) is 4.01. The molecular weight excluding hydrogens is 319 g/mol. The van der Waals surface area contributed by atoms with Gasteiger partial charge in [0.05, 0.1) is 16.0 Å². The van der Waals surface area contributed by atoms with Crippen LogP contribution in [0.25, 0.3) is 0 Å². The van der Waals surface area contributed by atoms with Crippen LogP contribution in [0.5, 0.6) is 11.5 Å². The highest BCUT2D eigenvalue weighted by Crippen LogP contribution is 2.32. The fourth-order valence-electron chi connectivity index (χ4n) is 1.56. The zero-order chi connectivity index (χ0) is 15.6. The Kier molecular flexibility index (Phi) is 4.30. The number of benzene rings is 2. The summed E-state index contributed by atoms with van der Waals surface area (Å²) in [5.74, 6) is -0.556. The number of phenols is 2. The van der Waals surface area contributed by atoms with Gasteiger partial charge in [0.1, 0.15) is 17.2 Å². The Bertz CT molecular complexity index is 747. The number of aromatic hydroxyl groups is 2. The first-order valence-electron chi connectivity index (χ1n) is 5.58. The van der Waals surface area contributed by atoms with Crippen molar-refractivity contribution in [2.24, 2.45) is 4.99 Å². The Labute approximate surface area is 129 Å². The predicted octanol–water partition coefficient (Wildman–Crippen LogP) is 4.06. The molecule has 0 radical (unpaired) electrons. The van der Waals surface area contributed by atoms with E-state index in [4.69, 9.17) is 23.2 Å².